The van der Waals surface area contributed by atoms with Crippen LogP contribution in [0.2, 0.25) is 5.02 Å². The predicted molar refractivity (Wildman–Crippen MR) is 88.2 cm³/mol. The van der Waals surface area contributed by atoms with Crippen molar-refractivity contribution in [3.63, 3.8) is 0 Å². The van der Waals surface area contributed by atoms with E-state index < -0.39 is 0 Å². The van der Waals surface area contributed by atoms with Crippen LogP contribution in [-0.2, 0) is 24.2 Å². The quantitative estimate of drug-likeness (QED) is 0.940. The summed E-state index contributed by atoms with van der Waals surface area (Å²) in [5.74, 6) is 0.617. The maximum absolute atomic E-state index is 12.2. The Balaban J connectivity index is 1.68. The lowest BCUT2D eigenvalue weighted by Gasteiger charge is -2.15. The molecule has 1 unspecified atom stereocenters. The number of rotatable bonds is 3. The number of fused-ring (bicyclic) bond motifs is 1. The standard InChI is InChI=1S/C17H20ClN3O/c1-11-3-6-15-13(7-11)9-21(20-15)10-17(22)19-16-8-14(18)5-4-12(16)2/h4-5,8-9,11H,3,6-7,10H2,1-2H3,(H,19,22). The molecule has 116 valence electrons. The molecule has 1 aromatic carbocycles. The third kappa shape index (κ3) is 3.33. The lowest BCUT2D eigenvalue weighted by atomic mass is 9.89. The minimum Gasteiger partial charge on any atom is -0.324 e. The van der Waals surface area contributed by atoms with Crippen LogP contribution in [0.1, 0.15) is 30.2 Å². The highest BCUT2D eigenvalue weighted by molar-refractivity contribution is 6.31. The first-order valence-electron chi connectivity index (χ1n) is 7.62. The second kappa shape index (κ2) is 6.13. The van der Waals surface area contributed by atoms with E-state index in [0.29, 0.717) is 10.9 Å². The molecule has 0 radical (unpaired) electrons. The fraction of sp³-hybridized carbons (Fsp3) is 0.412. The minimum absolute atomic E-state index is 0.0849. The Morgan fingerprint density at radius 1 is 1.50 bits per heavy atom. The number of benzene rings is 1. The van der Waals surface area contributed by atoms with Crippen LogP contribution in [0.3, 0.4) is 0 Å². The van der Waals surface area contributed by atoms with Crippen LogP contribution >= 0.6 is 11.6 Å². The van der Waals surface area contributed by atoms with Crippen molar-refractivity contribution in [3.8, 4) is 0 Å². The molecule has 0 fully saturated rings. The summed E-state index contributed by atoms with van der Waals surface area (Å²) in [5, 5.41) is 8.06. The molecular formula is C17H20ClN3O. The normalized spacial score (nSPS) is 17.1. The van der Waals surface area contributed by atoms with Gasteiger partial charge in [-0.15, -0.1) is 0 Å². The maximum Gasteiger partial charge on any atom is 0.246 e. The van der Waals surface area contributed by atoms with Gasteiger partial charge in [-0.25, -0.2) is 0 Å². The number of nitrogens with zero attached hydrogens (tertiary/aromatic N) is 2. The highest BCUT2D eigenvalue weighted by atomic mass is 35.5. The lowest BCUT2D eigenvalue weighted by molar-refractivity contribution is -0.116. The molecule has 1 aliphatic carbocycles. The molecule has 22 heavy (non-hydrogen) atoms. The largest absolute Gasteiger partial charge is 0.324 e. The summed E-state index contributed by atoms with van der Waals surface area (Å²) in [5.41, 5.74) is 4.17. The summed E-state index contributed by atoms with van der Waals surface area (Å²) in [6, 6.07) is 5.48. The van der Waals surface area contributed by atoms with Crippen LogP contribution in [0.4, 0.5) is 5.69 Å². The summed E-state index contributed by atoms with van der Waals surface area (Å²) >= 11 is 5.97. The molecule has 0 aliphatic heterocycles. The lowest BCUT2D eigenvalue weighted by Crippen LogP contribution is -2.19. The van der Waals surface area contributed by atoms with Crippen LogP contribution in [0.5, 0.6) is 0 Å². The van der Waals surface area contributed by atoms with E-state index in [1.54, 1.807) is 10.7 Å². The monoisotopic (exact) mass is 317 g/mol. The molecule has 5 heteroatoms. The number of carbonyl (C=O) groups excluding carboxylic acids is 1. The van der Waals surface area contributed by atoms with E-state index in [0.717, 1.165) is 29.8 Å². The zero-order chi connectivity index (χ0) is 15.7. The molecule has 0 bridgehead atoms. The van der Waals surface area contributed by atoms with Gasteiger partial charge in [0.2, 0.25) is 5.91 Å². The van der Waals surface area contributed by atoms with E-state index in [2.05, 4.69) is 17.3 Å². The van der Waals surface area contributed by atoms with E-state index in [-0.39, 0.29) is 12.5 Å². The first kappa shape index (κ1) is 15.1. The Kier molecular flexibility index (Phi) is 4.21. The second-order valence-electron chi connectivity index (χ2n) is 6.15. The molecule has 0 saturated carbocycles. The molecule has 1 aromatic heterocycles. The number of nitrogens with one attached hydrogen (secondary N) is 1. The average Bonchev–Trinajstić information content (AvgIpc) is 2.84. The third-order valence-corrected chi connectivity index (χ3v) is 4.38. The topological polar surface area (TPSA) is 46.9 Å². The van der Waals surface area contributed by atoms with E-state index in [9.17, 15) is 4.79 Å². The summed E-state index contributed by atoms with van der Waals surface area (Å²) in [6.07, 6.45) is 5.26. The van der Waals surface area contributed by atoms with Crippen molar-refractivity contribution in [2.24, 2.45) is 5.92 Å². The van der Waals surface area contributed by atoms with Gasteiger partial charge >= 0.3 is 0 Å². The summed E-state index contributed by atoms with van der Waals surface area (Å²) in [6.45, 7) is 4.43. The molecular weight excluding hydrogens is 298 g/mol. The number of halogens is 1. The molecule has 1 N–H and O–H groups in total. The fourth-order valence-corrected chi connectivity index (χ4v) is 3.06. The summed E-state index contributed by atoms with van der Waals surface area (Å²) in [4.78, 5) is 12.2. The molecule has 3 rings (SSSR count). The van der Waals surface area contributed by atoms with Gasteiger partial charge in [0.15, 0.2) is 0 Å². The summed E-state index contributed by atoms with van der Waals surface area (Å²) in [7, 11) is 0. The van der Waals surface area contributed by atoms with E-state index >= 15 is 0 Å². The highest BCUT2D eigenvalue weighted by Gasteiger charge is 2.19. The molecule has 2 aromatic rings. The van der Waals surface area contributed by atoms with Gasteiger partial charge in [0.05, 0.1) is 5.69 Å². The SMILES string of the molecule is Cc1ccc(Cl)cc1NC(=O)Cn1cc2c(n1)CCC(C)C2. The van der Waals surface area contributed by atoms with Gasteiger partial charge in [0.1, 0.15) is 6.54 Å². The van der Waals surface area contributed by atoms with Crippen molar-refractivity contribution in [3.05, 3.63) is 46.2 Å². The Bertz CT molecular complexity index is 708. The number of carbonyl (C=O) groups is 1. The van der Waals surface area contributed by atoms with E-state index in [1.165, 1.54) is 12.0 Å². The van der Waals surface area contributed by atoms with Gasteiger partial charge in [0, 0.05) is 16.9 Å². The Morgan fingerprint density at radius 3 is 3.14 bits per heavy atom. The molecule has 0 spiro atoms. The van der Waals surface area contributed by atoms with Crippen molar-refractivity contribution in [1.82, 2.24) is 9.78 Å². The van der Waals surface area contributed by atoms with Crippen molar-refractivity contribution >= 4 is 23.2 Å². The molecule has 1 amide bonds. The first-order valence-corrected chi connectivity index (χ1v) is 8.00. The first-order chi connectivity index (χ1) is 10.5. The molecule has 1 atom stereocenters. The van der Waals surface area contributed by atoms with E-state index in [4.69, 9.17) is 11.6 Å². The predicted octanol–water partition coefficient (Wildman–Crippen LogP) is 3.61. The van der Waals surface area contributed by atoms with Crippen molar-refractivity contribution < 1.29 is 4.79 Å². The number of aromatic nitrogens is 2. The number of hydrogen-bond acceptors (Lipinski definition) is 2. The molecule has 1 aliphatic rings. The third-order valence-electron chi connectivity index (χ3n) is 4.15. The molecule has 4 nitrogen and oxygen atoms in total. The Morgan fingerprint density at radius 2 is 2.32 bits per heavy atom. The van der Waals surface area contributed by atoms with E-state index in [1.807, 2.05) is 25.3 Å². The van der Waals surface area contributed by atoms with Gasteiger partial charge < -0.3 is 5.32 Å². The van der Waals surface area contributed by atoms with Crippen LogP contribution in [0.25, 0.3) is 0 Å². The van der Waals surface area contributed by atoms with Crippen LogP contribution in [0, 0.1) is 12.8 Å². The highest BCUT2D eigenvalue weighted by Crippen LogP contribution is 2.24. The van der Waals surface area contributed by atoms with Crippen LogP contribution in [0.15, 0.2) is 24.4 Å². The second-order valence-corrected chi connectivity index (χ2v) is 6.59. The summed E-state index contributed by atoms with van der Waals surface area (Å²) < 4.78 is 1.75. The Hall–Kier alpha value is -1.81. The Labute approximate surface area is 135 Å². The molecule has 0 saturated heterocycles. The minimum atomic E-state index is -0.0849. The number of hydrogen-bond donors (Lipinski definition) is 1. The van der Waals surface area contributed by atoms with Gasteiger partial charge in [-0.1, -0.05) is 24.6 Å². The van der Waals surface area contributed by atoms with Gasteiger partial charge in [-0.2, -0.15) is 5.10 Å². The fourth-order valence-electron chi connectivity index (χ4n) is 2.89. The van der Waals surface area contributed by atoms with Crippen LogP contribution < -0.4 is 5.32 Å². The average molecular weight is 318 g/mol. The number of anilines is 1. The van der Waals surface area contributed by atoms with Gasteiger partial charge in [-0.05, 0) is 55.4 Å². The zero-order valence-electron chi connectivity index (χ0n) is 12.9. The maximum atomic E-state index is 12.2. The van der Waals surface area contributed by atoms with Crippen molar-refractivity contribution in [1.29, 1.82) is 0 Å². The van der Waals surface area contributed by atoms with Gasteiger partial charge in [0.25, 0.3) is 0 Å². The van der Waals surface area contributed by atoms with Crippen molar-refractivity contribution in [2.45, 2.75) is 39.7 Å². The number of aryl methyl sites for hydroxylation is 2. The molecule has 1 heterocycles. The van der Waals surface area contributed by atoms with Crippen LogP contribution in [-0.4, -0.2) is 15.7 Å². The smallest absolute Gasteiger partial charge is 0.246 e. The van der Waals surface area contributed by atoms with Crippen molar-refractivity contribution in [2.75, 3.05) is 5.32 Å². The zero-order valence-corrected chi connectivity index (χ0v) is 13.7. The number of amides is 1. The van der Waals surface area contributed by atoms with Gasteiger partial charge in [-0.3, -0.25) is 9.48 Å².